The summed E-state index contributed by atoms with van der Waals surface area (Å²) in [4.78, 5) is 16.1. The SMILES string of the molecule is Cc1ccc(CCNC(=O)NC[C@](C)(O)c2ccccc2Cl)cn1. The van der Waals surface area contributed by atoms with Crippen molar-refractivity contribution in [1.29, 1.82) is 0 Å². The van der Waals surface area contributed by atoms with E-state index in [2.05, 4.69) is 15.6 Å². The quantitative estimate of drug-likeness (QED) is 0.752. The molecule has 0 saturated heterocycles. The van der Waals surface area contributed by atoms with Gasteiger partial charge < -0.3 is 15.7 Å². The van der Waals surface area contributed by atoms with Gasteiger partial charge in [-0.1, -0.05) is 35.9 Å². The van der Waals surface area contributed by atoms with Crippen LogP contribution in [0.1, 0.15) is 23.7 Å². The maximum atomic E-state index is 11.9. The van der Waals surface area contributed by atoms with E-state index in [4.69, 9.17) is 11.6 Å². The summed E-state index contributed by atoms with van der Waals surface area (Å²) < 4.78 is 0. The van der Waals surface area contributed by atoms with Gasteiger partial charge in [0.2, 0.25) is 0 Å². The van der Waals surface area contributed by atoms with Gasteiger partial charge in [0.05, 0.1) is 6.54 Å². The van der Waals surface area contributed by atoms with Gasteiger partial charge in [0.15, 0.2) is 0 Å². The standard InChI is InChI=1S/C18H22ClN3O2/c1-13-7-8-14(11-21-13)9-10-20-17(23)22-12-18(2,24)15-5-3-4-6-16(15)19/h3-8,11,24H,9-10,12H2,1-2H3,(H2,20,22,23)/t18-/m0/s1. The van der Waals surface area contributed by atoms with Gasteiger partial charge in [0.1, 0.15) is 5.60 Å². The van der Waals surface area contributed by atoms with Crippen LogP contribution in [0.15, 0.2) is 42.6 Å². The van der Waals surface area contributed by atoms with Gasteiger partial charge in [-0.2, -0.15) is 0 Å². The topological polar surface area (TPSA) is 74.2 Å². The minimum absolute atomic E-state index is 0.0641. The highest BCUT2D eigenvalue weighted by Crippen LogP contribution is 2.27. The number of carbonyl (C=O) groups is 1. The number of hydrogen-bond acceptors (Lipinski definition) is 3. The van der Waals surface area contributed by atoms with Crippen molar-refractivity contribution in [3.63, 3.8) is 0 Å². The molecule has 0 unspecified atom stereocenters. The number of nitrogens with zero attached hydrogens (tertiary/aromatic N) is 1. The number of urea groups is 1. The zero-order valence-electron chi connectivity index (χ0n) is 13.8. The molecule has 1 atom stereocenters. The molecule has 2 aromatic rings. The lowest BCUT2D eigenvalue weighted by molar-refractivity contribution is 0.0595. The fraction of sp³-hybridized carbons (Fsp3) is 0.333. The molecule has 0 spiro atoms. The van der Waals surface area contributed by atoms with Crippen LogP contribution in [0, 0.1) is 6.92 Å². The summed E-state index contributed by atoms with van der Waals surface area (Å²) in [6.45, 7) is 4.10. The lowest BCUT2D eigenvalue weighted by Gasteiger charge is -2.25. The maximum Gasteiger partial charge on any atom is 0.314 e. The Bertz CT molecular complexity index is 687. The molecule has 0 saturated carbocycles. The van der Waals surface area contributed by atoms with Crippen LogP contribution in [-0.4, -0.2) is 29.2 Å². The summed E-state index contributed by atoms with van der Waals surface area (Å²) in [5.41, 5.74) is 1.37. The Labute approximate surface area is 147 Å². The molecule has 1 heterocycles. The first-order chi connectivity index (χ1) is 11.4. The third-order valence-electron chi connectivity index (χ3n) is 3.72. The zero-order chi connectivity index (χ0) is 17.6. The van der Waals surface area contributed by atoms with E-state index in [-0.39, 0.29) is 12.6 Å². The summed E-state index contributed by atoms with van der Waals surface area (Å²) in [5, 5.41) is 16.4. The number of rotatable bonds is 6. The normalized spacial score (nSPS) is 13.2. The Hall–Kier alpha value is -2.11. The third-order valence-corrected chi connectivity index (χ3v) is 4.05. The average Bonchev–Trinajstić information content (AvgIpc) is 2.55. The number of hydrogen-bond donors (Lipinski definition) is 3. The molecule has 0 bridgehead atoms. The summed E-state index contributed by atoms with van der Waals surface area (Å²) in [6.07, 6.45) is 2.50. The van der Waals surface area contributed by atoms with Gasteiger partial charge in [0, 0.05) is 29.0 Å². The second kappa shape index (κ2) is 8.13. The van der Waals surface area contributed by atoms with E-state index in [9.17, 15) is 9.90 Å². The van der Waals surface area contributed by atoms with E-state index in [1.807, 2.05) is 19.1 Å². The summed E-state index contributed by atoms with van der Waals surface area (Å²) in [6, 6.07) is 10.6. The van der Waals surface area contributed by atoms with Crippen LogP contribution in [0.4, 0.5) is 4.79 Å². The van der Waals surface area contributed by atoms with Crippen LogP contribution < -0.4 is 10.6 Å². The summed E-state index contributed by atoms with van der Waals surface area (Å²) >= 11 is 6.09. The molecule has 0 radical (unpaired) electrons. The Morgan fingerprint density at radius 3 is 2.67 bits per heavy atom. The first kappa shape index (κ1) is 18.2. The number of nitrogens with one attached hydrogen (secondary N) is 2. The number of halogens is 1. The second-order valence-electron chi connectivity index (χ2n) is 5.92. The van der Waals surface area contributed by atoms with Gasteiger partial charge in [-0.15, -0.1) is 0 Å². The third kappa shape index (κ3) is 5.22. The van der Waals surface area contributed by atoms with Crippen molar-refractivity contribution in [2.45, 2.75) is 25.9 Å². The zero-order valence-corrected chi connectivity index (χ0v) is 14.6. The lowest BCUT2D eigenvalue weighted by atomic mass is 9.96. The van der Waals surface area contributed by atoms with Crippen LogP contribution in [0.5, 0.6) is 0 Å². The van der Waals surface area contributed by atoms with Crippen molar-refractivity contribution < 1.29 is 9.90 Å². The van der Waals surface area contributed by atoms with E-state index < -0.39 is 5.60 Å². The fourth-order valence-electron chi connectivity index (χ4n) is 2.27. The van der Waals surface area contributed by atoms with Gasteiger partial charge in [-0.05, 0) is 38.0 Å². The molecule has 1 aromatic heterocycles. The average molecular weight is 348 g/mol. The minimum atomic E-state index is -1.24. The Balaban J connectivity index is 1.78. The van der Waals surface area contributed by atoms with E-state index >= 15 is 0 Å². The number of benzene rings is 1. The van der Waals surface area contributed by atoms with Gasteiger partial charge in [0.25, 0.3) is 0 Å². The number of amides is 2. The van der Waals surface area contributed by atoms with Crippen LogP contribution >= 0.6 is 11.6 Å². The predicted molar refractivity (Wildman–Crippen MR) is 95.1 cm³/mol. The minimum Gasteiger partial charge on any atom is -0.384 e. The van der Waals surface area contributed by atoms with Gasteiger partial charge in [-0.3, -0.25) is 4.98 Å². The number of aliphatic hydroxyl groups is 1. The number of carbonyl (C=O) groups excluding carboxylic acids is 1. The summed E-state index contributed by atoms with van der Waals surface area (Å²) in [5.74, 6) is 0. The molecule has 128 valence electrons. The Morgan fingerprint density at radius 2 is 2.00 bits per heavy atom. The van der Waals surface area contributed by atoms with Crippen molar-refractivity contribution >= 4 is 17.6 Å². The van der Waals surface area contributed by atoms with Crippen molar-refractivity contribution in [3.8, 4) is 0 Å². The lowest BCUT2D eigenvalue weighted by Crippen LogP contribution is -2.44. The first-order valence-electron chi connectivity index (χ1n) is 7.79. The van der Waals surface area contributed by atoms with E-state index in [1.165, 1.54) is 0 Å². The molecule has 1 aromatic carbocycles. The smallest absolute Gasteiger partial charge is 0.314 e. The predicted octanol–water partition coefficient (Wildman–Crippen LogP) is 2.79. The van der Waals surface area contributed by atoms with Crippen molar-refractivity contribution in [3.05, 3.63) is 64.4 Å². The molecule has 0 aliphatic heterocycles. The molecular formula is C18H22ClN3O2. The van der Waals surface area contributed by atoms with Crippen LogP contribution in [0.2, 0.25) is 5.02 Å². The summed E-state index contributed by atoms with van der Waals surface area (Å²) in [7, 11) is 0. The Kier molecular flexibility index (Phi) is 6.17. The fourth-order valence-corrected chi connectivity index (χ4v) is 2.61. The molecule has 0 aliphatic rings. The molecule has 0 aliphatic carbocycles. The molecular weight excluding hydrogens is 326 g/mol. The number of pyridine rings is 1. The van der Waals surface area contributed by atoms with E-state index in [0.29, 0.717) is 23.6 Å². The number of aromatic nitrogens is 1. The molecule has 2 rings (SSSR count). The van der Waals surface area contributed by atoms with E-state index in [1.54, 1.807) is 37.4 Å². The van der Waals surface area contributed by atoms with Crippen molar-refractivity contribution in [1.82, 2.24) is 15.6 Å². The monoisotopic (exact) mass is 347 g/mol. The van der Waals surface area contributed by atoms with Gasteiger partial charge >= 0.3 is 6.03 Å². The highest BCUT2D eigenvalue weighted by Gasteiger charge is 2.25. The molecule has 3 N–H and O–H groups in total. The first-order valence-corrected chi connectivity index (χ1v) is 8.17. The highest BCUT2D eigenvalue weighted by molar-refractivity contribution is 6.31. The number of aryl methyl sites for hydroxylation is 1. The molecule has 2 amide bonds. The Morgan fingerprint density at radius 1 is 1.25 bits per heavy atom. The van der Waals surface area contributed by atoms with Crippen molar-refractivity contribution in [2.75, 3.05) is 13.1 Å². The van der Waals surface area contributed by atoms with Crippen LogP contribution in [0.25, 0.3) is 0 Å². The van der Waals surface area contributed by atoms with E-state index in [0.717, 1.165) is 11.3 Å². The molecule has 24 heavy (non-hydrogen) atoms. The molecule has 6 heteroatoms. The molecule has 5 nitrogen and oxygen atoms in total. The maximum absolute atomic E-state index is 11.9. The van der Waals surface area contributed by atoms with Crippen molar-refractivity contribution in [2.24, 2.45) is 0 Å². The van der Waals surface area contributed by atoms with Crippen LogP contribution in [-0.2, 0) is 12.0 Å². The second-order valence-corrected chi connectivity index (χ2v) is 6.33. The highest BCUT2D eigenvalue weighted by atomic mass is 35.5. The van der Waals surface area contributed by atoms with Crippen LogP contribution in [0.3, 0.4) is 0 Å². The molecule has 0 fully saturated rings. The van der Waals surface area contributed by atoms with Gasteiger partial charge in [-0.25, -0.2) is 4.79 Å². The largest absolute Gasteiger partial charge is 0.384 e.